The molecule has 3 aromatic heterocycles. The Balaban J connectivity index is 1.86. The second kappa shape index (κ2) is 9.83. The minimum Gasteiger partial charge on any atom is -0.384 e. The van der Waals surface area contributed by atoms with Gasteiger partial charge in [0.25, 0.3) is 5.91 Å². The smallest absolute Gasteiger partial charge is 0.272 e. The number of carbonyl (C=O) groups excluding carboxylic acids is 1. The average Bonchev–Trinajstić information content (AvgIpc) is 2.77. The summed E-state index contributed by atoms with van der Waals surface area (Å²) in [5.74, 6) is 6.67. The predicted molar refractivity (Wildman–Crippen MR) is 122 cm³/mol. The van der Waals surface area contributed by atoms with E-state index < -0.39 is 0 Å². The number of amides is 1. The van der Waals surface area contributed by atoms with Gasteiger partial charge < -0.3 is 15.5 Å². The minimum atomic E-state index is -0.102. The van der Waals surface area contributed by atoms with Crippen molar-refractivity contribution in [1.82, 2.24) is 24.8 Å². The lowest BCUT2D eigenvalue weighted by molar-refractivity contribution is 0.0780. The van der Waals surface area contributed by atoms with Crippen molar-refractivity contribution in [3.8, 4) is 23.0 Å². The Morgan fingerprint density at radius 2 is 1.77 bits per heavy atom. The summed E-state index contributed by atoms with van der Waals surface area (Å²) in [6, 6.07) is 9.09. The summed E-state index contributed by atoms with van der Waals surface area (Å²) in [5.41, 5.74) is 10.2. The van der Waals surface area contributed by atoms with Crippen molar-refractivity contribution in [2.45, 2.75) is 6.92 Å². The lowest BCUT2D eigenvalue weighted by Gasteiger charge is -2.19. The van der Waals surface area contributed by atoms with Gasteiger partial charge in [-0.25, -0.2) is 4.98 Å². The molecule has 0 spiro atoms. The molecule has 2 N–H and O–H groups in total. The van der Waals surface area contributed by atoms with Crippen LogP contribution in [-0.4, -0.2) is 64.9 Å². The lowest BCUT2D eigenvalue weighted by atomic mass is 10.0. The highest BCUT2D eigenvalue weighted by Gasteiger charge is 2.14. The molecule has 0 aliphatic carbocycles. The van der Waals surface area contributed by atoms with Crippen LogP contribution in [0.25, 0.3) is 11.1 Å². The molecule has 0 aliphatic rings. The first-order valence-electron chi connectivity index (χ1n) is 9.91. The molecule has 0 aromatic carbocycles. The summed E-state index contributed by atoms with van der Waals surface area (Å²) in [4.78, 5) is 29.2. The van der Waals surface area contributed by atoms with Crippen LogP contribution in [0.1, 0.15) is 27.3 Å². The molecule has 0 unspecified atom stereocenters. The molecule has 3 rings (SSSR count). The van der Waals surface area contributed by atoms with Gasteiger partial charge in [-0.15, -0.1) is 0 Å². The first kappa shape index (κ1) is 21.9. The Labute approximate surface area is 183 Å². The Morgan fingerprint density at radius 1 is 0.968 bits per heavy atom. The van der Waals surface area contributed by atoms with Gasteiger partial charge in [0.15, 0.2) is 0 Å². The van der Waals surface area contributed by atoms with Gasteiger partial charge in [0, 0.05) is 55.4 Å². The van der Waals surface area contributed by atoms with Gasteiger partial charge in [-0.2, -0.15) is 0 Å². The normalized spacial score (nSPS) is 10.5. The van der Waals surface area contributed by atoms with E-state index in [-0.39, 0.29) is 5.91 Å². The number of aryl methyl sites for hydroxylation is 1. The second-order valence-electron chi connectivity index (χ2n) is 7.50. The van der Waals surface area contributed by atoms with Gasteiger partial charge >= 0.3 is 0 Å². The molecule has 7 heteroatoms. The zero-order chi connectivity index (χ0) is 22.4. The third-order valence-electron chi connectivity index (χ3n) is 4.78. The largest absolute Gasteiger partial charge is 0.384 e. The molecule has 0 radical (unpaired) electrons. The van der Waals surface area contributed by atoms with Crippen LogP contribution < -0.4 is 5.73 Å². The van der Waals surface area contributed by atoms with E-state index in [1.807, 2.05) is 44.1 Å². The van der Waals surface area contributed by atoms with Crippen LogP contribution in [0.3, 0.4) is 0 Å². The highest BCUT2D eigenvalue weighted by atomic mass is 16.2. The van der Waals surface area contributed by atoms with Gasteiger partial charge in [0.1, 0.15) is 11.5 Å². The van der Waals surface area contributed by atoms with Crippen molar-refractivity contribution in [2.24, 2.45) is 0 Å². The van der Waals surface area contributed by atoms with Gasteiger partial charge in [0.2, 0.25) is 0 Å². The molecule has 0 aliphatic heterocycles. The quantitative estimate of drug-likeness (QED) is 0.645. The highest BCUT2D eigenvalue weighted by Crippen LogP contribution is 2.24. The summed E-state index contributed by atoms with van der Waals surface area (Å²) < 4.78 is 0. The van der Waals surface area contributed by atoms with Crippen LogP contribution in [0.2, 0.25) is 0 Å². The van der Waals surface area contributed by atoms with E-state index in [9.17, 15) is 4.79 Å². The zero-order valence-corrected chi connectivity index (χ0v) is 18.3. The number of nitrogen functional groups attached to an aromatic ring is 1. The van der Waals surface area contributed by atoms with Crippen molar-refractivity contribution < 1.29 is 4.79 Å². The van der Waals surface area contributed by atoms with E-state index in [4.69, 9.17) is 5.73 Å². The number of hydrogen-bond acceptors (Lipinski definition) is 6. The number of pyridine rings is 3. The maximum absolute atomic E-state index is 12.6. The minimum absolute atomic E-state index is 0.102. The predicted octanol–water partition coefficient (Wildman–Crippen LogP) is 2.46. The van der Waals surface area contributed by atoms with Crippen molar-refractivity contribution in [3.05, 3.63) is 71.4 Å². The number of likely N-dealkylation sites (N-methyl/N-ethyl adjacent to an activating group) is 2. The van der Waals surface area contributed by atoms with Crippen LogP contribution in [0.5, 0.6) is 0 Å². The number of carbonyl (C=O) groups is 1. The molecule has 7 nitrogen and oxygen atoms in total. The third-order valence-corrected chi connectivity index (χ3v) is 4.78. The van der Waals surface area contributed by atoms with Crippen molar-refractivity contribution >= 4 is 11.7 Å². The summed E-state index contributed by atoms with van der Waals surface area (Å²) in [7, 11) is 5.74. The fraction of sp³-hybridized carbons (Fsp3) is 0.250. The van der Waals surface area contributed by atoms with Crippen molar-refractivity contribution in [2.75, 3.05) is 40.0 Å². The molecule has 0 saturated carbocycles. The molecule has 3 heterocycles. The summed E-state index contributed by atoms with van der Waals surface area (Å²) >= 11 is 0. The maximum atomic E-state index is 12.6. The second-order valence-corrected chi connectivity index (χ2v) is 7.50. The van der Waals surface area contributed by atoms with E-state index in [0.717, 1.165) is 34.5 Å². The number of nitrogens with zero attached hydrogens (tertiary/aromatic N) is 5. The van der Waals surface area contributed by atoms with Gasteiger partial charge in [-0.3, -0.25) is 14.8 Å². The summed E-state index contributed by atoms with van der Waals surface area (Å²) in [6.07, 6.45) is 5.09. The number of anilines is 1. The first-order chi connectivity index (χ1) is 14.8. The topological polar surface area (TPSA) is 88.2 Å². The van der Waals surface area contributed by atoms with Crippen LogP contribution >= 0.6 is 0 Å². The SMILES string of the molecule is Cc1nccc(-c2ccc(C(=O)N(C)CCN(C)C)nc2)c1C#Cc1ccc(N)nc1. The van der Waals surface area contributed by atoms with E-state index in [2.05, 4.69) is 26.8 Å². The number of rotatable bonds is 5. The van der Waals surface area contributed by atoms with Gasteiger partial charge in [-0.1, -0.05) is 17.9 Å². The number of aromatic nitrogens is 3. The Kier molecular flexibility index (Phi) is 6.96. The standard InChI is InChI=1S/C24H26N6O/c1-17-20(8-5-18-6-10-23(25)28-15-18)21(11-12-26-17)19-7-9-22(27-16-19)24(31)30(4)14-13-29(2)3/h6-7,9-12,15-16H,13-14H2,1-4H3,(H2,25,28). The molecule has 158 valence electrons. The molecule has 3 aromatic rings. The van der Waals surface area contributed by atoms with Crippen LogP contribution in [0.15, 0.2) is 48.9 Å². The van der Waals surface area contributed by atoms with E-state index >= 15 is 0 Å². The fourth-order valence-electron chi connectivity index (χ4n) is 2.91. The summed E-state index contributed by atoms with van der Waals surface area (Å²) in [6.45, 7) is 3.35. The fourth-order valence-corrected chi connectivity index (χ4v) is 2.91. The molecule has 0 atom stereocenters. The van der Waals surface area contributed by atoms with Gasteiger partial charge in [0.05, 0.1) is 11.3 Å². The van der Waals surface area contributed by atoms with Gasteiger partial charge in [-0.05, 0) is 45.3 Å². The first-order valence-corrected chi connectivity index (χ1v) is 9.91. The number of nitrogens with two attached hydrogens (primary N) is 1. The molecule has 0 saturated heterocycles. The number of hydrogen-bond donors (Lipinski definition) is 1. The molecule has 0 fully saturated rings. The van der Waals surface area contributed by atoms with Crippen LogP contribution in [0.4, 0.5) is 5.82 Å². The van der Waals surface area contributed by atoms with Crippen LogP contribution in [-0.2, 0) is 0 Å². The molecule has 1 amide bonds. The monoisotopic (exact) mass is 414 g/mol. The van der Waals surface area contributed by atoms with Crippen molar-refractivity contribution in [3.63, 3.8) is 0 Å². The molecule has 31 heavy (non-hydrogen) atoms. The highest BCUT2D eigenvalue weighted by molar-refractivity contribution is 5.92. The van der Waals surface area contributed by atoms with E-state index in [0.29, 0.717) is 18.1 Å². The Bertz CT molecular complexity index is 1110. The molecular weight excluding hydrogens is 388 g/mol. The zero-order valence-electron chi connectivity index (χ0n) is 18.3. The Hall–Kier alpha value is -3.76. The Morgan fingerprint density at radius 3 is 2.42 bits per heavy atom. The lowest BCUT2D eigenvalue weighted by Crippen LogP contribution is -2.33. The van der Waals surface area contributed by atoms with Crippen LogP contribution in [0, 0.1) is 18.8 Å². The third kappa shape index (κ3) is 5.65. The van der Waals surface area contributed by atoms with E-state index in [1.165, 1.54) is 0 Å². The van der Waals surface area contributed by atoms with Crippen molar-refractivity contribution in [1.29, 1.82) is 0 Å². The molecule has 0 bridgehead atoms. The van der Waals surface area contributed by atoms with E-state index in [1.54, 1.807) is 42.7 Å². The maximum Gasteiger partial charge on any atom is 0.272 e. The average molecular weight is 415 g/mol. The molecular formula is C24H26N6O. The summed E-state index contributed by atoms with van der Waals surface area (Å²) in [5, 5.41) is 0.